The molecule has 0 saturated carbocycles. The maximum absolute atomic E-state index is 10.8. The number of hydrogen-bond acceptors (Lipinski definition) is 8. The molecular formula is C6H15NaO8S. The molecule has 0 rings (SSSR count). The van der Waals surface area contributed by atoms with Crippen LogP contribution in [0.25, 0.3) is 0 Å². The molecule has 0 amide bonds. The van der Waals surface area contributed by atoms with Gasteiger partial charge < -0.3 is 21.9 Å². The zero-order chi connectivity index (χ0) is 11.9. The van der Waals surface area contributed by atoms with Crippen molar-refractivity contribution in [1.29, 1.82) is 0 Å². The summed E-state index contributed by atoms with van der Waals surface area (Å²) in [6, 6.07) is 0. The fourth-order valence-electron chi connectivity index (χ4n) is 0.463. The van der Waals surface area contributed by atoms with Crippen molar-refractivity contribution in [3.63, 3.8) is 0 Å². The van der Waals surface area contributed by atoms with Crippen LogP contribution in [0.2, 0.25) is 0 Å². The van der Waals surface area contributed by atoms with E-state index in [2.05, 4.69) is 8.37 Å². The fraction of sp³-hybridized carbons (Fsp3) is 1.00. The second-order valence-corrected chi connectivity index (χ2v) is 3.94. The third-order valence-electron chi connectivity index (χ3n) is 1.23. The Kier molecular flexibility index (Phi) is 11.6. The fourth-order valence-corrected chi connectivity index (χ4v) is 1.18. The maximum Gasteiger partial charge on any atom is 1.00 e. The van der Waals surface area contributed by atoms with Gasteiger partial charge in [-0.2, -0.15) is 8.42 Å². The van der Waals surface area contributed by atoms with Gasteiger partial charge in [0, 0.05) is 0 Å². The summed E-state index contributed by atoms with van der Waals surface area (Å²) in [5.74, 6) is 0. The molecular weight excluding hydrogens is 255 g/mol. The minimum Gasteiger partial charge on any atom is -1.00 e. The van der Waals surface area contributed by atoms with Crippen molar-refractivity contribution in [2.24, 2.45) is 0 Å². The summed E-state index contributed by atoms with van der Waals surface area (Å²) in [5, 5.41) is 34.2. The molecule has 0 saturated heterocycles. The van der Waals surface area contributed by atoms with E-state index < -0.39 is 49.0 Å². The van der Waals surface area contributed by atoms with Crippen LogP contribution < -0.4 is 29.6 Å². The van der Waals surface area contributed by atoms with E-state index in [0.717, 1.165) is 0 Å². The molecule has 4 N–H and O–H groups in total. The predicted molar refractivity (Wildman–Crippen MR) is 48.1 cm³/mol. The van der Waals surface area contributed by atoms with Crippen LogP contribution in [0, 0.1) is 0 Å². The van der Waals surface area contributed by atoms with Crippen LogP contribution in [0.3, 0.4) is 0 Å². The van der Waals surface area contributed by atoms with Gasteiger partial charge in [0.1, 0.15) is 12.2 Å². The molecule has 2 atom stereocenters. The van der Waals surface area contributed by atoms with Crippen LogP contribution in [0.15, 0.2) is 0 Å². The Bertz CT molecular complexity index is 241. The number of aliphatic hydroxyl groups excluding tert-OH is 4. The van der Waals surface area contributed by atoms with Crippen molar-refractivity contribution < 1.29 is 68.2 Å². The molecule has 0 aromatic carbocycles. The van der Waals surface area contributed by atoms with E-state index >= 15 is 0 Å². The van der Waals surface area contributed by atoms with Crippen molar-refractivity contribution in [3.05, 3.63) is 0 Å². The van der Waals surface area contributed by atoms with Crippen molar-refractivity contribution in [2.45, 2.75) is 12.2 Å². The number of aliphatic hydroxyl groups is 4. The van der Waals surface area contributed by atoms with Gasteiger partial charge in [-0.1, -0.05) is 0 Å². The minimum atomic E-state index is -4.33. The van der Waals surface area contributed by atoms with Gasteiger partial charge in [0.05, 0.1) is 26.4 Å². The first kappa shape index (κ1) is 19.1. The second-order valence-electron chi connectivity index (χ2n) is 2.65. The van der Waals surface area contributed by atoms with Gasteiger partial charge in [-0.3, -0.25) is 0 Å². The standard InChI is InChI=1S/C6H14O8S.Na.H/c7-1-5(9)3-13-15(11,12)14-4-6(10)2-8;;/h5-10H,1-4H2;;/q;+1;-1. The molecule has 16 heavy (non-hydrogen) atoms. The average Bonchev–Trinajstić information content (AvgIpc) is 2.22. The number of rotatable bonds is 8. The summed E-state index contributed by atoms with van der Waals surface area (Å²) in [7, 11) is -4.33. The molecule has 0 radical (unpaired) electrons. The van der Waals surface area contributed by atoms with Crippen molar-refractivity contribution in [2.75, 3.05) is 26.4 Å². The van der Waals surface area contributed by atoms with Gasteiger partial charge in [0.2, 0.25) is 0 Å². The van der Waals surface area contributed by atoms with Gasteiger partial charge in [-0.15, -0.1) is 0 Å². The van der Waals surface area contributed by atoms with Crippen molar-refractivity contribution in [3.8, 4) is 0 Å². The van der Waals surface area contributed by atoms with Crippen molar-refractivity contribution >= 4 is 10.4 Å². The normalized spacial score (nSPS) is 15.2. The first-order valence-corrected chi connectivity index (χ1v) is 5.36. The van der Waals surface area contributed by atoms with E-state index in [1.807, 2.05) is 0 Å². The average molecular weight is 270 g/mol. The molecule has 0 aromatic heterocycles. The molecule has 0 heterocycles. The predicted octanol–water partition coefficient (Wildman–Crippen LogP) is -5.91. The quantitative estimate of drug-likeness (QED) is 0.320. The molecule has 0 aliphatic carbocycles. The van der Waals surface area contributed by atoms with Gasteiger partial charge >= 0.3 is 40.0 Å². The zero-order valence-electron chi connectivity index (χ0n) is 9.81. The zero-order valence-corrected chi connectivity index (χ0v) is 11.6. The Morgan fingerprint density at radius 3 is 1.56 bits per heavy atom. The molecule has 0 fully saturated rings. The van der Waals surface area contributed by atoms with Crippen LogP contribution >= 0.6 is 0 Å². The smallest absolute Gasteiger partial charge is 1.00 e. The van der Waals surface area contributed by atoms with Crippen LogP contribution in [-0.2, 0) is 18.8 Å². The van der Waals surface area contributed by atoms with E-state index in [1.165, 1.54) is 0 Å². The second kappa shape index (κ2) is 9.71. The first-order chi connectivity index (χ1) is 6.91. The van der Waals surface area contributed by atoms with Gasteiger partial charge in [0.25, 0.3) is 0 Å². The summed E-state index contributed by atoms with van der Waals surface area (Å²) in [6.45, 7) is -2.58. The van der Waals surface area contributed by atoms with Gasteiger partial charge in [0.15, 0.2) is 0 Å². The van der Waals surface area contributed by atoms with Crippen LogP contribution in [0.5, 0.6) is 0 Å². The summed E-state index contributed by atoms with van der Waals surface area (Å²) in [6.07, 6.45) is -2.66. The molecule has 0 aliphatic rings. The molecule has 0 aliphatic heterocycles. The maximum atomic E-state index is 10.8. The largest absolute Gasteiger partial charge is 1.00 e. The Morgan fingerprint density at radius 1 is 1.00 bits per heavy atom. The minimum absolute atomic E-state index is 0. The topological polar surface area (TPSA) is 134 Å². The monoisotopic (exact) mass is 270 g/mol. The molecule has 0 bridgehead atoms. The third-order valence-corrected chi connectivity index (χ3v) is 2.08. The van der Waals surface area contributed by atoms with E-state index in [9.17, 15) is 8.42 Å². The molecule has 0 aromatic rings. The summed E-state index contributed by atoms with van der Waals surface area (Å²) in [4.78, 5) is 0. The van der Waals surface area contributed by atoms with Crippen LogP contribution in [0.1, 0.15) is 1.43 Å². The van der Waals surface area contributed by atoms with E-state index in [4.69, 9.17) is 20.4 Å². The molecule has 10 heteroatoms. The Hall–Kier alpha value is 0.710. The number of hydrogen-bond donors (Lipinski definition) is 4. The van der Waals surface area contributed by atoms with E-state index in [-0.39, 0.29) is 31.0 Å². The molecule has 94 valence electrons. The summed E-state index contributed by atoms with van der Waals surface area (Å²) in [5.41, 5.74) is 0. The van der Waals surface area contributed by atoms with Gasteiger partial charge in [-0.25, -0.2) is 8.37 Å². The van der Waals surface area contributed by atoms with Crippen molar-refractivity contribution in [1.82, 2.24) is 0 Å². The van der Waals surface area contributed by atoms with Crippen LogP contribution in [-0.4, -0.2) is 67.5 Å². The van der Waals surface area contributed by atoms with Gasteiger partial charge in [-0.05, 0) is 0 Å². The van der Waals surface area contributed by atoms with E-state index in [1.54, 1.807) is 0 Å². The SMILES string of the molecule is O=S(=O)(OCC(O)CO)OCC(O)CO.[H-].[Na+]. The Balaban J connectivity index is -0.000000980. The first-order valence-electron chi connectivity index (χ1n) is 4.03. The Morgan fingerprint density at radius 2 is 1.31 bits per heavy atom. The summed E-state index contributed by atoms with van der Waals surface area (Å²) >= 11 is 0. The molecule has 0 spiro atoms. The Labute approximate surface area is 117 Å². The third kappa shape index (κ3) is 9.90. The molecule has 2 unspecified atom stereocenters. The molecule has 8 nitrogen and oxygen atoms in total. The van der Waals surface area contributed by atoms with E-state index in [0.29, 0.717) is 0 Å². The summed E-state index contributed by atoms with van der Waals surface area (Å²) < 4.78 is 29.9. The van der Waals surface area contributed by atoms with Crippen LogP contribution in [0.4, 0.5) is 0 Å².